The number of aliphatic imine (C=N–C) groups is 1. The number of fused-ring (bicyclic) bond motifs is 1. The van der Waals surface area contributed by atoms with Gasteiger partial charge in [0.05, 0.1) is 22.3 Å². The molecule has 0 atom stereocenters. The number of nitrogens with zero attached hydrogens (tertiary/aromatic N) is 4. The number of likely N-dealkylation sites (N-methyl/N-ethyl adjacent to an activating group) is 1. The van der Waals surface area contributed by atoms with Gasteiger partial charge in [-0.05, 0) is 57.3 Å². The first-order valence-electron chi connectivity index (χ1n) is 10.4. The maximum atomic E-state index is 15.0. The highest BCUT2D eigenvalue weighted by Gasteiger charge is 2.16. The van der Waals surface area contributed by atoms with E-state index in [1.807, 2.05) is 12.1 Å². The normalized spacial score (nSPS) is 10.5. The highest BCUT2D eigenvalue weighted by atomic mass is 79.9. The molecule has 1 aromatic heterocycles. The first-order valence-corrected chi connectivity index (χ1v) is 12.1. The topological polar surface area (TPSA) is 62.6 Å². The van der Waals surface area contributed by atoms with Crippen LogP contribution in [-0.2, 0) is 0 Å². The molecule has 0 aliphatic rings. The summed E-state index contributed by atoms with van der Waals surface area (Å²) in [7, 11) is 2.06. The Kier molecular flexibility index (Phi) is 10.8. The van der Waals surface area contributed by atoms with Crippen molar-refractivity contribution in [1.82, 2.24) is 14.9 Å². The van der Waals surface area contributed by atoms with Crippen molar-refractivity contribution < 1.29 is 9.13 Å². The van der Waals surface area contributed by atoms with Crippen LogP contribution < -0.4 is 10.1 Å². The molecule has 9 heteroatoms. The molecule has 2 aromatic carbocycles. The molecule has 33 heavy (non-hydrogen) atoms. The molecule has 1 heterocycles. The van der Waals surface area contributed by atoms with Crippen molar-refractivity contribution in [3.05, 3.63) is 53.0 Å². The Morgan fingerprint density at radius 1 is 1.27 bits per heavy atom. The molecule has 0 unspecified atom stereocenters. The summed E-state index contributed by atoms with van der Waals surface area (Å²) in [6.45, 7) is 11.6. The van der Waals surface area contributed by atoms with Gasteiger partial charge in [0.15, 0.2) is 5.82 Å². The number of hydrogen-bond acceptors (Lipinski definition) is 7. The number of ether oxygens (including phenoxy) is 1. The van der Waals surface area contributed by atoms with Crippen molar-refractivity contribution in [2.75, 3.05) is 38.3 Å². The Hall–Kier alpha value is -2.49. The predicted molar refractivity (Wildman–Crippen MR) is 144 cm³/mol. The lowest BCUT2D eigenvalue weighted by atomic mass is 10.1. The molecular formula is C24H29BrFN5OS. The van der Waals surface area contributed by atoms with Crippen molar-refractivity contribution in [2.24, 2.45) is 4.99 Å². The summed E-state index contributed by atoms with van der Waals surface area (Å²) < 4.78 is 21.9. The van der Waals surface area contributed by atoms with Gasteiger partial charge in [-0.3, -0.25) is 4.99 Å². The Balaban J connectivity index is 0.00000187. The van der Waals surface area contributed by atoms with Gasteiger partial charge in [-0.2, -0.15) is 12.6 Å². The smallest absolute Gasteiger partial charge is 0.156 e. The minimum absolute atomic E-state index is 0.249. The van der Waals surface area contributed by atoms with Crippen molar-refractivity contribution in [3.8, 4) is 5.75 Å². The van der Waals surface area contributed by atoms with Gasteiger partial charge in [0.1, 0.15) is 24.5 Å². The summed E-state index contributed by atoms with van der Waals surface area (Å²) in [6, 6.07) is 7.01. The average molecular weight is 534 g/mol. The number of anilines is 2. The molecule has 0 bridgehead atoms. The average Bonchev–Trinajstić information content (AvgIpc) is 2.81. The van der Waals surface area contributed by atoms with Crippen molar-refractivity contribution in [2.45, 2.75) is 13.3 Å². The third-order valence-corrected chi connectivity index (χ3v) is 5.24. The van der Waals surface area contributed by atoms with Gasteiger partial charge >= 0.3 is 0 Å². The number of nitrogens with one attached hydrogen (secondary N) is 1. The molecule has 0 saturated heterocycles. The molecular weight excluding hydrogens is 505 g/mol. The lowest BCUT2D eigenvalue weighted by Gasteiger charge is -2.18. The third kappa shape index (κ3) is 6.75. The first-order chi connectivity index (χ1) is 16.0. The van der Waals surface area contributed by atoms with E-state index >= 15 is 4.39 Å². The van der Waals surface area contributed by atoms with Crippen molar-refractivity contribution >= 4 is 69.4 Å². The summed E-state index contributed by atoms with van der Waals surface area (Å²) >= 11 is 7.04. The van der Waals surface area contributed by atoms with Crippen molar-refractivity contribution in [3.63, 3.8) is 0 Å². The van der Waals surface area contributed by atoms with Crippen LogP contribution in [0.25, 0.3) is 17.0 Å². The summed E-state index contributed by atoms with van der Waals surface area (Å²) in [5.41, 5.74) is 1.63. The van der Waals surface area contributed by atoms with E-state index in [-0.39, 0.29) is 11.3 Å². The fraction of sp³-hybridized carbons (Fsp3) is 0.292. The maximum Gasteiger partial charge on any atom is 0.156 e. The van der Waals surface area contributed by atoms with Gasteiger partial charge < -0.3 is 15.0 Å². The first kappa shape index (κ1) is 26.8. The third-order valence-electron chi connectivity index (χ3n) is 4.79. The van der Waals surface area contributed by atoms with E-state index < -0.39 is 5.82 Å². The lowest BCUT2D eigenvalue weighted by Crippen LogP contribution is -2.25. The van der Waals surface area contributed by atoms with Crippen LogP contribution in [0, 0.1) is 5.82 Å². The van der Waals surface area contributed by atoms with E-state index in [0.717, 1.165) is 24.0 Å². The Morgan fingerprint density at radius 3 is 2.70 bits per heavy atom. The number of benzene rings is 2. The SMILES string of the molecule is C=Cc1c(N=C)ccc(Nc2ncnc3cc(Br)cc(OCCN(C)CCC)c23)c1F.CS. The zero-order chi connectivity index (χ0) is 24.4. The molecule has 0 aliphatic carbocycles. The second kappa shape index (κ2) is 13.3. The molecule has 3 aromatic rings. The zero-order valence-electron chi connectivity index (χ0n) is 19.1. The number of rotatable bonds is 10. The standard InChI is InChI=1S/C23H25BrFN5O.CH4S/c1-5-9-30(4)10-11-31-20-13-15(24)12-19-21(20)23(28-14-27-19)29-18-8-7-17(26-3)16(6-2)22(18)25;1-2/h6-8,12-14H,2-3,5,9-11H2,1,4H3,(H,27,28,29);2H,1H3. The van der Waals surface area contributed by atoms with E-state index in [2.05, 4.69) is 81.0 Å². The monoisotopic (exact) mass is 533 g/mol. The molecule has 0 fully saturated rings. The van der Waals surface area contributed by atoms with Crippen LogP contribution in [-0.4, -0.2) is 54.6 Å². The van der Waals surface area contributed by atoms with Gasteiger partial charge in [-0.15, -0.1) is 0 Å². The number of hydrogen-bond donors (Lipinski definition) is 2. The van der Waals surface area contributed by atoms with E-state index in [0.29, 0.717) is 34.8 Å². The van der Waals surface area contributed by atoms with Crippen LogP contribution in [0.3, 0.4) is 0 Å². The van der Waals surface area contributed by atoms with Gasteiger partial charge in [0.25, 0.3) is 0 Å². The minimum atomic E-state index is -0.479. The molecule has 3 rings (SSSR count). The predicted octanol–water partition coefficient (Wildman–Crippen LogP) is 6.52. The Bertz CT molecular complexity index is 1110. The number of halogens is 2. The van der Waals surface area contributed by atoms with E-state index in [1.54, 1.807) is 18.4 Å². The van der Waals surface area contributed by atoms with E-state index in [1.165, 1.54) is 12.4 Å². The van der Waals surface area contributed by atoms with Crippen molar-refractivity contribution in [1.29, 1.82) is 0 Å². The largest absolute Gasteiger partial charge is 0.491 e. The van der Waals surface area contributed by atoms with E-state index in [4.69, 9.17) is 4.74 Å². The molecule has 0 spiro atoms. The molecule has 176 valence electrons. The molecule has 0 radical (unpaired) electrons. The highest BCUT2D eigenvalue weighted by Crippen LogP contribution is 2.36. The second-order valence-electron chi connectivity index (χ2n) is 7.02. The Labute approximate surface area is 208 Å². The van der Waals surface area contributed by atoms with Crippen LogP contribution in [0.15, 0.2) is 46.6 Å². The second-order valence-corrected chi connectivity index (χ2v) is 7.93. The van der Waals surface area contributed by atoms with Crippen LogP contribution in [0.5, 0.6) is 5.75 Å². The Morgan fingerprint density at radius 2 is 2.03 bits per heavy atom. The van der Waals surface area contributed by atoms with Gasteiger partial charge in [0.2, 0.25) is 0 Å². The highest BCUT2D eigenvalue weighted by molar-refractivity contribution is 9.10. The summed E-state index contributed by atoms with van der Waals surface area (Å²) in [5.74, 6) is 0.584. The van der Waals surface area contributed by atoms with Gasteiger partial charge in [-0.1, -0.05) is 35.5 Å². The van der Waals surface area contributed by atoms with E-state index in [9.17, 15) is 0 Å². The quantitative estimate of drug-likeness (QED) is 0.229. The molecule has 0 aliphatic heterocycles. The summed E-state index contributed by atoms with van der Waals surface area (Å²) in [4.78, 5) is 14.8. The number of thiol groups is 1. The fourth-order valence-corrected chi connectivity index (χ4v) is 3.70. The molecule has 6 nitrogen and oxygen atoms in total. The molecule has 0 amide bonds. The van der Waals surface area contributed by atoms with Crippen LogP contribution >= 0.6 is 28.6 Å². The summed E-state index contributed by atoms with van der Waals surface area (Å²) in [5, 5.41) is 3.75. The zero-order valence-corrected chi connectivity index (χ0v) is 21.6. The van der Waals surface area contributed by atoms with Crippen LogP contribution in [0.1, 0.15) is 18.9 Å². The minimum Gasteiger partial charge on any atom is -0.491 e. The number of aromatic nitrogens is 2. The molecule has 1 N–H and O–H groups in total. The lowest BCUT2D eigenvalue weighted by molar-refractivity contribution is 0.239. The van der Waals surface area contributed by atoms with Crippen LogP contribution in [0.2, 0.25) is 0 Å². The van der Waals surface area contributed by atoms with Crippen LogP contribution in [0.4, 0.5) is 21.6 Å². The fourth-order valence-electron chi connectivity index (χ4n) is 3.27. The van der Waals surface area contributed by atoms with Gasteiger partial charge in [0, 0.05) is 16.6 Å². The molecule has 0 saturated carbocycles. The van der Waals surface area contributed by atoms with Gasteiger partial charge in [-0.25, -0.2) is 14.4 Å². The maximum absolute atomic E-state index is 15.0. The summed E-state index contributed by atoms with van der Waals surface area (Å²) in [6.07, 6.45) is 5.62.